The zero-order valence-corrected chi connectivity index (χ0v) is 14.2. The normalized spacial score (nSPS) is 13.7. The molecule has 2 N–H and O–H groups in total. The van der Waals surface area contributed by atoms with Crippen molar-refractivity contribution in [2.45, 2.75) is 45.4 Å². The number of hydrogen-bond acceptors (Lipinski definition) is 4. The number of anilines is 1. The third-order valence-corrected chi connectivity index (χ3v) is 3.02. The molecule has 0 spiro atoms. The topological polar surface area (TPSA) is 74.1 Å². The van der Waals surface area contributed by atoms with Crippen molar-refractivity contribution in [2.24, 2.45) is 0 Å². The Morgan fingerprint density at radius 1 is 1.43 bits per heavy atom. The van der Waals surface area contributed by atoms with Gasteiger partial charge < -0.3 is 15.4 Å². The standard InChI is InChI=1S/C15H20BrN3O2/c1-10(18-14(20)21-15(2,3)4)13(9-17)19-12-7-5-6-11(16)8-12/h5-8,10,13,19H,1-4H3,(H,18,20). The number of alkyl carbamates (subject to hydrolysis) is 1. The zero-order chi connectivity index (χ0) is 16.0. The summed E-state index contributed by atoms with van der Waals surface area (Å²) >= 11 is 3.37. The third kappa shape index (κ3) is 6.50. The van der Waals surface area contributed by atoms with E-state index in [4.69, 9.17) is 4.74 Å². The van der Waals surface area contributed by atoms with Crippen molar-refractivity contribution in [2.75, 3.05) is 5.32 Å². The molecule has 5 nitrogen and oxygen atoms in total. The SMILES string of the molecule is CC(NC(=O)OC(C)(C)C)C(C#N)Nc1cccc(Br)c1. The van der Waals surface area contributed by atoms with Gasteiger partial charge in [-0.05, 0) is 45.9 Å². The Kier molecular flexibility index (Phi) is 6.03. The second kappa shape index (κ2) is 7.32. The van der Waals surface area contributed by atoms with Crippen LogP contribution in [0.4, 0.5) is 10.5 Å². The quantitative estimate of drug-likeness (QED) is 0.865. The molecule has 6 heteroatoms. The maximum absolute atomic E-state index is 11.7. The Bertz CT molecular complexity index is 534. The van der Waals surface area contributed by atoms with Gasteiger partial charge in [-0.2, -0.15) is 5.26 Å². The van der Waals surface area contributed by atoms with Crippen LogP contribution in [-0.4, -0.2) is 23.8 Å². The number of hydrogen-bond donors (Lipinski definition) is 2. The van der Waals surface area contributed by atoms with Crippen molar-refractivity contribution in [3.8, 4) is 6.07 Å². The molecule has 0 bridgehead atoms. The molecule has 2 unspecified atom stereocenters. The van der Waals surface area contributed by atoms with Crippen LogP contribution in [0.25, 0.3) is 0 Å². The largest absolute Gasteiger partial charge is 0.444 e. The summed E-state index contributed by atoms with van der Waals surface area (Å²) in [6.45, 7) is 7.12. The summed E-state index contributed by atoms with van der Waals surface area (Å²) in [5.41, 5.74) is 0.234. The van der Waals surface area contributed by atoms with E-state index < -0.39 is 23.8 Å². The molecule has 0 saturated heterocycles. The second-order valence-corrected chi connectivity index (χ2v) is 6.61. The molecule has 0 heterocycles. The van der Waals surface area contributed by atoms with E-state index in [1.807, 2.05) is 24.3 Å². The Morgan fingerprint density at radius 3 is 2.62 bits per heavy atom. The zero-order valence-electron chi connectivity index (χ0n) is 12.6. The molecular weight excluding hydrogens is 334 g/mol. The number of nitrogens with zero attached hydrogens (tertiary/aromatic N) is 1. The number of nitriles is 1. The lowest BCUT2D eigenvalue weighted by Crippen LogP contribution is -2.46. The van der Waals surface area contributed by atoms with Gasteiger partial charge in [0.15, 0.2) is 0 Å². The van der Waals surface area contributed by atoms with Gasteiger partial charge in [0.2, 0.25) is 0 Å². The highest BCUT2D eigenvalue weighted by atomic mass is 79.9. The van der Waals surface area contributed by atoms with Crippen molar-refractivity contribution >= 4 is 27.7 Å². The van der Waals surface area contributed by atoms with E-state index in [9.17, 15) is 10.1 Å². The Morgan fingerprint density at radius 2 is 2.10 bits per heavy atom. The molecule has 1 aromatic carbocycles. The number of carbonyl (C=O) groups is 1. The number of rotatable bonds is 4. The van der Waals surface area contributed by atoms with Crippen LogP contribution in [0.3, 0.4) is 0 Å². The van der Waals surface area contributed by atoms with Crippen molar-refractivity contribution in [1.29, 1.82) is 5.26 Å². The van der Waals surface area contributed by atoms with Crippen LogP contribution >= 0.6 is 15.9 Å². The van der Waals surface area contributed by atoms with E-state index in [-0.39, 0.29) is 0 Å². The summed E-state index contributed by atoms with van der Waals surface area (Å²) in [6, 6.07) is 8.67. The van der Waals surface area contributed by atoms with Gasteiger partial charge in [0.05, 0.1) is 12.1 Å². The van der Waals surface area contributed by atoms with Crippen LogP contribution in [0, 0.1) is 11.3 Å². The van der Waals surface area contributed by atoms with E-state index in [0.29, 0.717) is 0 Å². The van der Waals surface area contributed by atoms with E-state index >= 15 is 0 Å². The first-order valence-corrected chi connectivity index (χ1v) is 7.42. The number of ether oxygens (including phenoxy) is 1. The Hall–Kier alpha value is -1.74. The lowest BCUT2D eigenvalue weighted by atomic mass is 10.1. The number of nitrogens with one attached hydrogen (secondary N) is 2. The molecule has 0 radical (unpaired) electrons. The predicted octanol–water partition coefficient (Wildman–Crippen LogP) is 3.67. The Balaban J connectivity index is 2.64. The summed E-state index contributed by atoms with van der Waals surface area (Å²) in [6.07, 6.45) is -0.536. The number of carbonyl (C=O) groups excluding carboxylic acids is 1. The lowest BCUT2D eigenvalue weighted by molar-refractivity contribution is 0.0507. The van der Waals surface area contributed by atoms with Crippen LogP contribution in [0.1, 0.15) is 27.7 Å². The first-order chi connectivity index (χ1) is 9.71. The minimum Gasteiger partial charge on any atom is -0.444 e. The first kappa shape index (κ1) is 17.3. The van der Waals surface area contributed by atoms with Crippen molar-refractivity contribution in [3.05, 3.63) is 28.7 Å². The van der Waals surface area contributed by atoms with E-state index in [0.717, 1.165) is 10.2 Å². The summed E-state index contributed by atoms with van der Waals surface area (Å²) in [5, 5.41) is 15.0. The van der Waals surface area contributed by atoms with Gasteiger partial charge in [0.25, 0.3) is 0 Å². The molecule has 0 aliphatic rings. The average Bonchev–Trinajstić information content (AvgIpc) is 2.33. The highest BCUT2D eigenvalue weighted by Crippen LogP contribution is 2.17. The summed E-state index contributed by atoms with van der Waals surface area (Å²) in [5.74, 6) is 0. The molecule has 0 aromatic heterocycles. The molecule has 0 fully saturated rings. The molecule has 2 atom stereocenters. The highest BCUT2D eigenvalue weighted by molar-refractivity contribution is 9.10. The van der Waals surface area contributed by atoms with Crippen LogP contribution in [0.15, 0.2) is 28.7 Å². The number of benzene rings is 1. The maximum atomic E-state index is 11.7. The number of halogens is 1. The molecule has 21 heavy (non-hydrogen) atoms. The van der Waals surface area contributed by atoms with E-state index in [1.54, 1.807) is 27.7 Å². The van der Waals surface area contributed by atoms with Gasteiger partial charge in [-0.15, -0.1) is 0 Å². The van der Waals surface area contributed by atoms with Gasteiger partial charge in [-0.25, -0.2) is 4.79 Å². The summed E-state index contributed by atoms with van der Waals surface area (Å²) in [4.78, 5) is 11.7. The van der Waals surface area contributed by atoms with Crippen molar-refractivity contribution in [3.63, 3.8) is 0 Å². The highest BCUT2D eigenvalue weighted by Gasteiger charge is 2.22. The van der Waals surface area contributed by atoms with Crippen molar-refractivity contribution < 1.29 is 9.53 Å². The first-order valence-electron chi connectivity index (χ1n) is 6.62. The second-order valence-electron chi connectivity index (χ2n) is 5.70. The Labute approximate surface area is 133 Å². The smallest absolute Gasteiger partial charge is 0.407 e. The fraction of sp³-hybridized carbons (Fsp3) is 0.467. The third-order valence-electron chi connectivity index (χ3n) is 2.53. The van der Waals surface area contributed by atoms with Gasteiger partial charge in [0, 0.05) is 10.2 Å². The van der Waals surface area contributed by atoms with E-state index in [2.05, 4.69) is 32.6 Å². The molecule has 1 aromatic rings. The molecule has 0 aliphatic carbocycles. The molecule has 1 rings (SSSR count). The van der Waals surface area contributed by atoms with Crippen LogP contribution in [-0.2, 0) is 4.74 Å². The summed E-state index contributed by atoms with van der Waals surface area (Å²) in [7, 11) is 0. The minimum atomic E-state index is -0.566. The maximum Gasteiger partial charge on any atom is 0.407 e. The molecule has 0 aliphatic heterocycles. The molecular formula is C15H20BrN3O2. The van der Waals surface area contributed by atoms with Crippen LogP contribution in [0.5, 0.6) is 0 Å². The lowest BCUT2D eigenvalue weighted by Gasteiger charge is -2.24. The van der Waals surface area contributed by atoms with Crippen molar-refractivity contribution in [1.82, 2.24) is 5.32 Å². The van der Waals surface area contributed by atoms with Gasteiger partial charge >= 0.3 is 6.09 Å². The molecule has 1 amide bonds. The fourth-order valence-corrected chi connectivity index (χ4v) is 2.00. The van der Waals surface area contributed by atoms with Crippen LogP contribution < -0.4 is 10.6 Å². The number of amides is 1. The molecule has 0 saturated carbocycles. The van der Waals surface area contributed by atoms with Gasteiger partial charge in [0.1, 0.15) is 11.6 Å². The fourth-order valence-electron chi connectivity index (χ4n) is 1.60. The van der Waals surface area contributed by atoms with E-state index in [1.165, 1.54) is 0 Å². The molecule has 114 valence electrons. The van der Waals surface area contributed by atoms with Gasteiger partial charge in [-0.1, -0.05) is 22.0 Å². The van der Waals surface area contributed by atoms with Gasteiger partial charge in [-0.3, -0.25) is 0 Å². The predicted molar refractivity (Wildman–Crippen MR) is 86.0 cm³/mol. The minimum absolute atomic E-state index is 0.399. The monoisotopic (exact) mass is 353 g/mol. The summed E-state index contributed by atoms with van der Waals surface area (Å²) < 4.78 is 6.09. The van der Waals surface area contributed by atoms with Crippen LogP contribution in [0.2, 0.25) is 0 Å². The average molecular weight is 354 g/mol.